The first kappa shape index (κ1) is 15.0. The van der Waals surface area contributed by atoms with E-state index < -0.39 is 6.10 Å². The van der Waals surface area contributed by atoms with E-state index in [1.807, 2.05) is 25.1 Å². The zero-order chi connectivity index (χ0) is 13.5. The topological polar surface area (TPSA) is 32.7 Å². The number of rotatable bonds is 7. The smallest absolute Gasteiger partial charge is 0.125 e. The van der Waals surface area contributed by atoms with Gasteiger partial charge >= 0.3 is 0 Å². The molecule has 0 saturated heterocycles. The molecule has 0 aliphatic carbocycles. The van der Waals surface area contributed by atoms with Crippen molar-refractivity contribution in [3.05, 3.63) is 29.3 Å². The Hall–Kier alpha value is -1.06. The number of aliphatic hydroxyl groups excluding tert-OH is 1. The lowest BCUT2D eigenvalue weighted by Gasteiger charge is -2.19. The molecule has 0 aliphatic rings. The Labute approximate surface area is 110 Å². The summed E-state index contributed by atoms with van der Waals surface area (Å²) in [5.41, 5.74) is 2.01. The van der Waals surface area contributed by atoms with Gasteiger partial charge in [-0.05, 0) is 38.6 Å². The zero-order valence-electron chi connectivity index (χ0n) is 11.9. The predicted octanol–water partition coefficient (Wildman–Crippen LogP) is 2.77. The molecule has 102 valence electrons. The first-order valence-corrected chi connectivity index (χ1v) is 6.72. The van der Waals surface area contributed by atoms with Crippen LogP contribution in [0.5, 0.6) is 5.75 Å². The molecule has 3 nitrogen and oxygen atoms in total. The Morgan fingerprint density at radius 2 is 1.94 bits per heavy atom. The van der Waals surface area contributed by atoms with Gasteiger partial charge in [0.1, 0.15) is 12.4 Å². The van der Waals surface area contributed by atoms with Crippen LogP contribution in [0.15, 0.2) is 18.2 Å². The van der Waals surface area contributed by atoms with Gasteiger partial charge in [-0.15, -0.1) is 0 Å². The molecule has 0 amide bonds. The highest BCUT2D eigenvalue weighted by atomic mass is 16.5. The summed E-state index contributed by atoms with van der Waals surface area (Å²) in [6.07, 6.45) is -0.492. The van der Waals surface area contributed by atoms with Crippen molar-refractivity contribution in [2.45, 2.75) is 33.8 Å². The highest BCUT2D eigenvalue weighted by molar-refractivity contribution is 5.38. The minimum absolute atomic E-state index is 0.492. The summed E-state index contributed by atoms with van der Waals surface area (Å²) in [5.74, 6) is 0.803. The molecule has 1 N–H and O–H groups in total. The third kappa shape index (κ3) is 4.31. The van der Waals surface area contributed by atoms with Gasteiger partial charge in [-0.2, -0.15) is 0 Å². The van der Waals surface area contributed by atoms with E-state index in [1.54, 1.807) is 6.92 Å². The molecule has 3 heteroatoms. The van der Waals surface area contributed by atoms with Crippen molar-refractivity contribution in [2.75, 3.05) is 26.2 Å². The fraction of sp³-hybridized carbons (Fsp3) is 0.600. The molecule has 1 aromatic carbocycles. The summed E-state index contributed by atoms with van der Waals surface area (Å²) in [7, 11) is 0. The molecule has 1 rings (SSSR count). The molecular formula is C15H25NO2. The van der Waals surface area contributed by atoms with Crippen LogP contribution in [0.2, 0.25) is 0 Å². The number of nitrogens with zero attached hydrogens (tertiary/aromatic N) is 1. The Bertz CT molecular complexity index is 360. The van der Waals surface area contributed by atoms with Crippen LogP contribution in [0.25, 0.3) is 0 Å². The van der Waals surface area contributed by atoms with Crippen LogP contribution in [0.1, 0.15) is 38.0 Å². The van der Waals surface area contributed by atoms with E-state index in [0.29, 0.717) is 6.61 Å². The number of likely N-dealkylation sites (N-methyl/N-ethyl adjacent to an activating group) is 1. The average molecular weight is 251 g/mol. The second-order valence-electron chi connectivity index (χ2n) is 4.59. The number of hydrogen-bond donors (Lipinski definition) is 1. The van der Waals surface area contributed by atoms with Crippen molar-refractivity contribution < 1.29 is 9.84 Å². The molecule has 0 aromatic heterocycles. The van der Waals surface area contributed by atoms with Gasteiger partial charge in [-0.1, -0.05) is 26.0 Å². The summed E-state index contributed by atoms with van der Waals surface area (Å²) in [6, 6.07) is 5.93. The second kappa shape index (κ2) is 7.39. The largest absolute Gasteiger partial charge is 0.492 e. The zero-order valence-corrected chi connectivity index (χ0v) is 11.9. The standard InChI is InChI=1S/C15H25NO2/c1-5-16(6-2)9-10-18-15-11-12(3)7-8-14(15)13(4)17/h7-8,11,13,17H,5-6,9-10H2,1-4H3. The monoisotopic (exact) mass is 251 g/mol. The van der Waals surface area contributed by atoms with E-state index in [-0.39, 0.29) is 0 Å². The van der Waals surface area contributed by atoms with Gasteiger partial charge in [0.2, 0.25) is 0 Å². The summed E-state index contributed by atoms with van der Waals surface area (Å²) >= 11 is 0. The van der Waals surface area contributed by atoms with E-state index in [4.69, 9.17) is 4.74 Å². The van der Waals surface area contributed by atoms with E-state index in [9.17, 15) is 5.11 Å². The van der Waals surface area contributed by atoms with Gasteiger partial charge in [0, 0.05) is 12.1 Å². The Kier molecular flexibility index (Phi) is 6.16. The SMILES string of the molecule is CCN(CC)CCOc1cc(C)ccc1C(C)O. The summed E-state index contributed by atoms with van der Waals surface area (Å²) < 4.78 is 5.81. The summed E-state index contributed by atoms with van der Waals surface area (Å²) in [4.78, 5) is 2.32. The second-order valence-corrected chi connectivity index (χ2v) is 4.59. The van der Waals surface area contributed by atoms with Gasteiger partial charge in [0.15, 0.2) is 0 Å². The number of hydrogen-bond acceptors (Lipinski definition) is 3. The van der Waals surface area contributed by atoms with Gasteiger partial charge in [-0.3, -0.25) is 0 Å². The van der Waals surface area contributed by atoms with Crippen LogP contribution in [0, 0.1) is 6.92 Å². The Morgan fingerprint density at radius 3 is 2.50 bits per heavy atom. The van der Waals surface area contributed by atoms with Crippen LogP contribution in [-0.4, -0.2) is 36.2 Å². The summed E-state index contributed by atoms with van der Waals surface area (Å²) in [5, 5.41) is 9.71. The molecule has 1 aromatic rings. The lowest BCUT2D eigenvalue weighted by molar-refractivity contribution is 0.184. The van der Waals surface area contributed by atoms with E-state index in [0.717, 1.165) is 36.5 Å². The molecule has 0 fully saturated rings. The molecular weight excluding hydrogens is 226 g/mol. The maximum atomic E-state index is 9.71. The minimum atomic E-state index is -0.492. The molecule has 0 saturated carbocycles. The highest BCUT2D eigenvalue weighted by Crippen LogP contribution is 2.26. The molecule has 0 radical (unpaired) electrons. The van der Waals surface area contributed by atoms with Crippen LogP contribution in [0.3, 0.4) is 0 Å². The Morgan fingerprint density at radius 1 is 1.28 bits per heavy atom. The number of ether oxygens (including phenoxy) is 1. The van der Waals surface area contributed by atoms with Crippen LogP contribution < -0.4 is 4.74 Å². The highest BCUT2D eigenvalue weighted by Gasteiger charge is 2.09. The molecule has 1 atom stereocenters. The van der Waals surface area contributed by atoms with Crippen molar-refractivity contribution in [1.29, 1.82) is 0 Å². The van der Waals surface area contributed by atoms with Crippen molar-refractivity contribution in [2.24, 2.45) is 0 Å². The van der Waals surface area contributed by atoms with Gasteiger partial charge < -0.3 is 14.7 Å². The maximum Gasteiger partial charge on any atom is 0.125 e. The normalized spacial score (nSPS) is 12.8. The first-order valence-electron chi connectivity index (χ1n) is 6.72. The van der Waals surface area contributed by atoms with Gasteiger partial charge in [0.05, 0.1) is 6.10 Å². The van der Waals surface area contributed by atoms with Gasteiger partial charge in [-0.25, -0.2) is 0 Å². The molecule has 18 heavy (non-hydrogen) atoms. The molecule has 0 spiro atoms. The molecule has 0 bridgehead atoms. The molecule has 1 unspecified atom stereocenters. The fourth-order valence-corrected chi connectivity index (χ4v) is 1.94. The van der Waals surface area contributed by atoms with Crippen molar-refractivity contribution in [1.82, 2.24) is 4.90 Å². The molecule has 0 heterocycles. The van der Waals surface area contributed by atoms with E-state index in [2.05, 4.69) is 18.7 Å². The minimum Gasteiger partial charge on any atom is -0.492 e. The van der Waals surface area contributed by atoms with Crippen molar-refractivity contribution >= 4 is 0 Å². The quantitative estimate of drug-likeness (QED) is 0.809. The first-order chi connectivity index (χ1) is 8.58. The number of aliphatic hydroxyl groups is 1. The Balaban J connectivity index is 2.63. The van der Waals surface area contributed by atoms with Gasteiger partial charge in [0.25, 0.3) is 0 Å². The molecule has 0 aliphatic heterocycles. The summed E-state index contributed by atoms with van der Waals surface area (Å²) in [6.45, 7) is 11.7. The van der Waals surface area contributed by atoms with E-state index >= 15 is 0 Å². The van der Waals surface area contributed by atoms with Crippen LogP contribution >= 0.6 is 0 Å². The lowest BCUT2D eigenvalue weighted by Crippen LogP contribution is -2.28. The lowest BCUT2D eigenvalue weighted by atomic mass is 10.1. The van der Waals surface area contributed by atoms with E-state index in [1.165, 1.54) is 0 Å². The number of benzene rings is 1. The van der Waals surface area contributed by atoms with Crippen molar-refractivity contribution in [3.63, 3.8) is 0 Å². The third-order valence-electron chi connectivity index (χ3n) is 3.18. The van der Waals surface area contributed by atoms with Crippen LogP contribution in [-0.2, 0) is 0 Å². The average Bonchev–Trinajstić information content (AvgIpc) is 2.34. The third-order valence-corrected chi connectivity index (χ3v) is 3.18. The van der Waals surface area contributed by atoms with Crippen molar-refractivity contribution in [3.8, 4) is 5.75 Å². The number of aryl methyl sites for hydroxylation is 1. The maximum absolute atomic E-state index is 9.71. The predicted molar refractivity (Wildman–Crippen MR) is 75.1 cm³/mol. The fourth-order valence-electron chi connectivity index (χ4n) is 1.94. The van der Waals surface area contributed by atoms with Crippen LogP contribution in [0.4, 0.5) is 0 Å².